The molecule has 1 aliphatic rings. The first-order valence-corrected chi connectivity index (χ1v) is 9.23. The minimum absolute atomic E-state index is 0.157. The van der Waals surface area contributed by atoms with Crippen LogP contribution in [-0.2, 0) is 28.0 Å². The molecular formula is C20H18N4O6. The maximum Gasteiger partial charge on any atom is 0.329 e. The zero-order valence-corrected chi connectivity index (χ0v) is 16.0. The molecule has 0 radical (unpaired) electrons. The number of nitrogens with zero attached hydrogens (tertiary/aromatic N) is 3. The van der Waals surface area contributed by atoms with Crippen LogP contribution < -0.4 is 16.6 Å². The van der Waals surface area contributed by atoms with Crippen molar-refractivity contribution in [3.8, 4) is 11.1 Å². The van der Waals surface area contributed by atoms with Gasteiger partial charge in [0.25, 0.3) is 5.56 Å². The zero-order valence-electron chi connectivity index (χ0n) is 16.0. The SMILES string of the molecule is Cn1c(=O)n(C2CCC(=O)NC2=O)c2ccc(-c3ccn(CC(=O)O)c(=O)c3)cc21. The van der Waals surface area contributed by atoms with E-state index in [-0.39, 0.29) is 24.4 Å². The second-order valence-corrected chi connectivity index (χ2v) is 7.16. The lowest BCUT2D eigenvalue weighted by atomic mass is 10.0. The first kappa shape index (κ1) is 19.4. The second-order valence-electron chi connectivity index (χ2n) is 7.16. The van der Waals surface area contributed by atoms with E-state index in [1.165, 1.54) is 21.4 Å². The summed E-state index contributed by atoms with van der Waals surface area (Å²) in [5.74, 6) is -1.98. The molecular weight excluding hydrogens is 392 g/mol. The molecule has 2 N–H and O–H groups in total. The fourth-order valence-electron chi connectivity index (χ4n) is 3.74. The second kappa shape index (κ2) is 7.14. The van der Waals surface area contributed by atoms with Crippen LogP contribution in [-0.4, -0.2) is 36.6 Å². The Morgan fingerprint density at radius 2 is 1.83 bits per heavy atom. The van der Waals surface area contributed by atoms with Crippen molar-refractivity contribution in [2.24, 2.45) is 7.05 Å². The standard InChI is InChI=1S/C20H18N4O6/c1-22-15-8-11(12-6-7-23(10-18(27)28)17(26)9-12)2-3-13(15)24(20(22)30)14-4-5-16(25)21-19(14)29/h2-3,6-9,14H,4-5,10H2,1H3,(H,27,28)(H,21,25,29). The largest absolute Gasteiger partial charge is 0.480 e. The van der Waals surface area contributed by atoms with Crippen LogP contribution in [0.4, 0.5) is 0 Å². The molecule has 10 nitrogen and oxygen atoms in total. The van der Waals surface area contributed by atoms with Crippen LogP contribution in [0.15, 0.2) is 46.1 Å². The van der Waals surface area contributed by atoms with Gasteiger partial charge in [0.15, 0.2) is 0 Å². The lowest BCUT2D eigenvalue weighted by Crippen LogP contribution is -2.44. The number of piperidine rings is 1. The highest BCUT2D eigenvalue weighted by atomic mass is 16.4. The average Bonchev–Trinajstić information content (AvgIpc) is 2.94. The monoisotopic (exact) mass is 410 g/mol. The molecule has 1 unspecified atom stereocenters. The highest BCUT2D eigenvalue weighted by Crippen LogP contribution is 2.27. The minimum Gasteiger partial charge on any atom is -0.480 e. The Morgan fingerprint density at radius 3 is 2.50 bits per heavy atom. The predicted octanol–water partition coefficient (Wildman–Crippen LogP) is 0.231. The van der Waals surface area contributed by atoms with Crippen molar-refractivity contribution in [1.29, 1.82) is 0 Å². The number of carboxylic acids is 1. The van der Waals surface area contributed by atoms with Gasteiger partial charge in [-0.15, -0.1) is 0 Å². The summed E-state index contributed by atoms with van der Waals surface area (Å²) in [5.41, 5.74) is 1.51. The van der Waals surface area contributed by atoms with Gasteiger partial charge in [-0.1, -0.05) is 6.07 Å². The van der Waals surface area contributed by atoms with Gasteiger partial charge in [-0.2, -0.15) is 0 Å². The van der Waals surface area contributed by atoms with Crippen LogP contribution in [0, 0.1) is 0 Å². The lowest BCUT2D eigenvalue weighted by molar-refractivity contribution is -0.138. The maximum absolute atomic E-state index is 12.8. The number of amides is 2. The van der Waals surface area contributed by atoms with Crippen molar-refractivity contribution in [2.45, 2.75) is 25.4 Å². The first-order chi connectivity index (χ1) is 14.3. The Hall–Kier alpha value is -3.95. The number of rotatable bonds is 4. The highest BCUT2D eigenvalue weighted by molar-refractivity contribution is 6.00. The number of fused-ring (bicyclic) bond motifs is 1. The summed E-state index contributed by atoms with van der Waals surface area (Å²) >= 11 is 0. The molecule has 2 aromatic heterocycles. The van der Waals surface area contributed by atoms with E-state index in [1.807, 2.05) is 0 Å². The topological polar surface area (TPSA) is 132 Å². The van der Waals surface area contributed by atoms with Crippen LogP contribution >= 0.6 is 0 Å². The third kappa shape index (κ3) is 3.21. The van der Waals surface area contributed by atoms with Crippen LogP contribution in [0.25, 0.3) is 22.2 Å². The molecule has 4 rings (SSSR count). The number of aliphatic carboxylic acids is 1. The van der Waals surface area contributed by atoms with E-state index in [0.717, 1.165) is 4.57 Å². The molecule has 0 spiro atoms. The Bertz CT molecular complexity index is 1330. The molecule has 3 heterocycles. The highest BCUT2D eigenvalue weighted by Gasteiger charge is 2.31. The summed E-state index contributed by atoms with van der Waals surface area (Å²) in [4.78, 5) is 59.5. The van der Waals surface area contributed by atoms with E-state index in [0.29, 0.717) is 22.2 Å². The van der Waals surface area contributed by atoms with E-state index < -0.39 is 30.0 Å². The summed E-state index contributed by atoms with van der Waals surface area (Å²) in [5, 5.41) is 11.1. The number of benzene rings is 1. The van der Waals surface area contributed by atoms with Gasteiger partial charge in [-0.05, 0) is 35.7 Å². The van der Waals surface area contributed by atoms with Crippen molar-refractivity contribution in [1.82, 2.24) is 19.0 Å². The summed E-state index contributed by atoms with van der Waals surface area (Å²) in [7, 11) is 1.58. The van der Waals surface area contributed by atoms with E-state index in [9.17, 15) is 24.0 Å². The number of imide groups is 1. The van der Waals surface area contributed by atoms with Gasteiger partial charge in [0.2, 0.25) is 11.8 Å². The van der Waals surface area contributed by atoms with E-state index in [4.69, 9.17) is 5.11 Å². The van der Waals surface area contributed by atoms with Crippen LogP contribution in [0.5, 0.6) is 0 Å². The lowest BCUT2D eigenvalue weighted by Gasteiger charge is -2.21. The molecule has 0 aliphatic carbocycles. The summed E-state index contributed by atoms with van der Waals surface area (Å²) in [6, 6.07) is 7.33. The van der Waals surface area contributed by atoms with Gasteiger partial charge in [0.1, 0.15) is 12.6 Å². The Kier molecular flexibility index (Phi) is 4.61. The molecule has 154 valence electrons. The number of hydrogen-bond donors (Lipinski definition) is 2. The van der Waals surface area contributed by atoms with Crippen LogP contribution in [0.1, 0.15) is 18.9 Å². The van der Waals surface area contributed by atoms with Gasteiger partial charge in [0, 0.05) is 25.7 Å². The smallest absolute Gasteiger partial charge is 0.329 e. The van der Waals surface area contributed by atoms with Gasteiger partial charge in [0.05, 0.1) is 11.0 Å². The van der Waals surface area contributed by atoms with Gasteiger partial charge in [-0.3, -0.25) is 33.6 Å². The fraction of sp³-hybridized carbons (Fsp3) is 0.250. The minimum atomic E-state index is -1.11. The Balaban J connectivity index is 1.79. The van der Waals surface area contributed by atoms with E-state index in [1.54, 1.807) is 31.3 Å². The number of aryl methyl sites for hydroxylation is 1. The number of nitrogens with one attached hydrogen (secondary N) is 1. The van der Waals surface area contributed by atoms with Crippen molar-refractivity contribution in [3.05, 3.63) is 57.4 Å². The molecule has 30 heavy (non-hydrogen) atoms. The molecule has 2 amide bonds. The molecule has 1 fully saturated rings. The first-order valence-electron chi connectivity index (χ1n) is 9.23. The summed E-state index contributed by atoms with van der Waals surface area (Å²) < 4.78 is 3.87. The number of imidazole rings is 1. The number of carbonyl (C=O) groups excluding carboxylic acids is 2. The third-order valence-corrected chi connectivity index (χ3v) is 5.25. The average molecular weight is 410 g/mol. The van der Waals surface area contributed by atoms with Crippen molar-refractivity contribution < 1.29 is 19.5 Å². The number of carboxylic acid groups (broad SMARTS) is 1. The summed E-state index contributed by atoms with van der Waals surface area (Å²) in [6.07, 6.45) is 1.81. The number of aromatic nitrogens is 3. The third-order valence-electron chi connectivity index (χ3n) is 5.25. The Morgan fingerprint density at radius 1 is 1.10 bits per heavy atom. The molecule has 1 saturated heterocycles. The molecule has 10 heteroatoms. The zero-order chi connectivity index (χ0) is 21.6. The molecule has 0 saturated carbocycles. The van der Waals surface area contributed by atoms with Crippen molar-refractivity contribution in [2.75, 3.05) is 0 Å². The predicted molar refractivity (Wildman–Crippen MR) is 106 cm³/mol. The van der Waals surface area contributed by atoms with Crippen LogP contribution in [0.2, 0.25) is 0 Å². The number of pyridine rings is 1. The molecule has 1 atom stereocenters. The van der Waals surface area contributed by atoms with Gasteiger partial charge in [-0.25, -0.2) is 4.79 Å². The van der Waals surface area contributed by atoms with Gasteiger partial charge < -0.3 is 9.67 Å². The summed E-state index contributed by atoms with van der Waals surface area (Å²) in [6.45, 7) is -0.429. The van der Waals surface area contributed by atoms with Crippen molar-refractivity contribution >= 4 is 28.8 Å². The molecule has 0 bridgehead atoms. The van der Waals surface area contributed by atoms with Crippen LogP contribution in [0.3, 0.4) is 0 Å². The fourth-order valence-corrected chi connectivity index (χ4v) is 3.74. The van der Waals surface area contributed by atoms with Crippen molar-refractivity contribution in [3.63, 3.8) is 0 Å². The number of hydrogen-bond acceptors (Lipinski definition) is 5. The van der Waals surface area contributed by atoms with Gasteiger partial charge >= 0.3 is 11.7 Å². The normalized spacial score (nSPS) is 16.6. The Labute approximate surface area is 169 Å². The molecule has 1 aromatic carbocycles. The number of carbonyl (C=O) groups is 3. The maximum atomic E-state index is 12.8. The van der Waals surface area contributed by atoms with E-state index in [2.05, 4.69) is 5.32 Å². The molecule has 1 aliphatic heterocycles. The van der Waals surface area contributed by atoms with E-state index >= 15 is 0 Å². The molecule has 3 aromatic rings. The quantitative estimate of drug-likeness (QED) is 0.592.